The number of nitrogens with zero attached hydrogens (tertiary/aromatic N) is 8. The van der Waals surface area contributed by atoms with Crippen LogP contribution in [0.1, 0.15) is 270 Å². The monoisotopic (exact) mass is 1440 g/mol. The molecule has 0 atom stereocenters. The molecule has 0 unspecified atom stereocenters. The van der Waals surface area contributed by atoms with Crippen molar-refractivity contribution < 1.29 is 40.9 Å². The predicted molar refractivity (Wildman–Crippen MR) is 376 cm³/mol. The maximum atomic E-state index is 13.4. The van der Waals surface area contributed by atoms with Crippen molar-refractivity contribution in [3.05, 3.63) is 117 Å². The van der Waals surface area contributed by atoms with Gasteiger partial charge in [0.05, 0.1) is 54.1 Å². The normalized spacial score (nSPS) is 12.2. The highest BCUT2D eigenvalue weighted by atomic mass is 35.5. The van der Waals surface area contributed by atoms with E-state index in [4.69, 9.17) is 55.9 Å². The molecule has 96 heavy (non-hydrogen) atoms. The number of halogens is 10. The molecule has 0 aliphatic rings. The lowest BCUT2D eigenvalue weighted by Gasteiger charge is -2.16. The molecule has 8 heterocycles. The minimum Gasteiger partial charge on any atom is -0.504 e. The number of aromatic amines is 8. The van der Waals surface area contributed by atoms with Crippen LogP contribution in [-0.2, 0) is 55.9 Å². The summed E-state index contributed by atoms with van der Waals surface area (Å²) in [5, 5.41) is 64.3. The molecule has 0 spiro atoms. The molecule has 0 bridgehead atoms. The number of aromatic nitrogens is 16. The topological polar surface area (TPSA) is 268 Å². The number of hydrogen-bond acceptors (Lipinski definition) is 11. The van der Waals surface area contributed by atoms with Crippen molar-refractivity contribution in [2.75, 3.05) is 14.2 Å². The van der Waals surface area contributed by atoms with E-state index in [1.54, 1.807) is 28.1 Å². The zero-order valence-corrected chi connectivity index (χ0v) is 65.4. The van der Waals surface area contributed by atoms with Gasteiger partial charge in [-0.2, -0.15) is 48.9 Å². The number of methoxy groups -OCH3 is 2. The summed E-state index contributed by atoms with van der Waals surface area (Å²) in [6.07, 6.45) is -6.15. The first kappa shape index (κ1) is 87.8. The average molecular weight is 1440 g/mol. The first-order valence-corrected chi connectivity index (χ1v) is 32.6. The minimum absolute atomic E-state index is 0.0269. The van der Waals surface area contributed by atoms with Crippen molar-refractivity contribution in [2.45, 2.75) is 270 Å². The van der Waals surface area contributed by atoms with Gasteiger partial charge in [0, 0.05) is 60.1 Å². The van der Waals surface area contributed by atoms with Crippen molar-refractivity contribution >= 4 is 46.4 Å². The van der Waals surface area contributed by atoms with Crippen LogP contribution in [0.4, 0.5) is 26.3 Å². The van der Waals surface area contributed by atoms with E-state index in [1.165, 1.54) is 6.92 Å². The minimum atomic E-state index is -4.35. The Morgan fingerprint density at radius 3 is 1.01 bits per heavy atom. The van der Waals surface area contributed by atoms with Gasteiger partial charge in [0.2, 0.25) is 0 Å². The lowest BCUT2D eigenvalue weighted by molar-refractivity contribution is -0.141. The van der Waals surface area contributed by atoms with Crippen molar-refractivity contribution in [3.8, 4) is 17.4 Å². The fourth-order valence-corrected chi connectivity index (χ4v) is 9.92. The fourth-order valence-electron chi connectivity index (χ4n) is 8.83. The molecular weight excluding hydrogens is 1330 g/mol. The third-order valence-electron chi connectivity index (χ3n) is 14.0. The number of aryl methyl sites for hydroxylation is 3. The second kappa shape index (κ2) is 34.1. The molecule has 0 aliphatic heterocycles. The summed E-state index contributed by atoms with van der Waals surface area (Å²) in [6, 6.07) is 0. The molecular formula is C67H108Cl4F6N16O3. The molecule has 29 heteroatoms. The van der Waals surface area contributed by atoms with Crippen molar-refractivity contribution in [1.29, 1.82) is 0 Å². The maximum Gasteiger partial charge on any atom is 0.433 e. The molecule has 544 valence electrons. The van der Waals surface area contributed by atoms with Gasteiger partial charge in [-0.25, -0.2) is 13.2 Å². The molecule has 0 saturated carbocycles. The fraction of sp³-hybridized carbons (Fsp3) is 0.642. The van der Waals surface area contributed by atoms with Gasteiger partial charge in [-0.1, -0.05) is 219 Å². The van der Waals surface area contributed by atoms with Crippen LogP contribution in [0.5, 0.6) is 17.4 Å². The van der Waals surface area contributed by atoms with Crippen LogP contribution in [-0.4, -0.2) is 101 Å². The zero-order valence-electron chi connectivity index (χ0n) is 62.4. The van der Waals surface area contributed by atoms with Gasteiger partial charge >= 0.3 is 6.18 Å². The van der Waals surface area contributed by atoms with Crippen LogP contribution in [0.15, 0.2) is 0 Å². The van der Waals surface area contributed by atoms with E-state index in [2.05, 4.69) is 139 Å². The number of rotatable bonds is 4. The average Bonchev–Trinajstić information content (AvgIpc) is 1.66. The van der Waals surface area contributed by atoms with E-state index in [-0.39, 0.29) is 66.1 Å². The highest BCUT2D eigenvalue weighted by Gasteiger charge is 2.38. The third kappa shape index (κ3) is 25.3. The molecule has 8 aromatic rings. The highest BCUT2D eigenvalue weighted by Crippen LogP contribution is 2.38. The Morgan fingerprint density at radius 1 is 0.406 bits per heavy atom. The number of ether oxygens (including phenoxy) is 2. The number of nitrogens with one attached hydrogen (secondary N) is 8. The molecule has 0 fully saturated rings. The summed E-state index contributed by atoms with van der Waals surface area (Å²) < 4.78 is 85.5. The smallest absolute Gasteiger partial charge is 0.433 e. The number of H-pyrrole nitrogens is 8. The van der Waals surface area contributed by atoms with Gasteiger partial charge in [0.15, 0.2) is 27.6 Å². The zero-order chi connectivity index (χ0) is 75.4. The summed E-state index contributed by atoms with van der Waals surface area (Å²) >= 11 is 23.3. The Hall–Kier alpha value is -6.18. The van der Waals surface area contributed by atoms with Crippen molar-refractivity contribution in [1.82, 2.24) is 81.6 Å². The van der Waals surface area contributed by atoms with Crippen LogP contribution < -0.4 is 9.47 Å². The number of alkyl halides is 5. The van der Waals surface area contributed by atoms with Crippen LogP contribution in [0.2, 0.25) is 20.4 Å². The molecule has 9 N–H and O–H groups in total. The molecule has 8 aromatic heterocycles. The molecule has 0 aliphatic carbocycles. The lowest BCUT2D eigenvalue weighted by atomic mass is 9.89. The second-order valence-corrected chi connectivity index (χ2v) is 32.6. The van der Waals surface area contributed by atoms with Crippen molar-refractivity contribution in [2.24, 2.45) is 0 Å². The number of hydrogen-bond donors (Lipinski definition) is 9. The molecule has 0 radical (unpaired) electrons. The van der Waals surface area contributed by atoms with Gasteiger partial charge < -0.3 is 14.6 Å². The Bertz CT molecular complexity index is 3440. The van der Waals surface area contributed by atoms with Gasteiger partial charge in [-0.05, 0) is 46.6 Å². The quantitative estimate of drug-likeness (QED) is 0.0748. The van der Waals surface area contributed by atoms with Crippen LogP contribution >= 0.6 is 46.4 Å². The summed E-state index contributed by atoms with van der Waals surface area (Å²) in [5.41, 5.74) is 8.85. The summed E-state index contributed by atoms with van der Waals surface area (Å²) in [5.74, 6) is 1.45. The van der Waals surface area contributed by atoms with Gasteiger partial charge in [-0.3, -0.25) is 40.8 Å². The van der Waals surface area contributed by atoms with Crippen LogP contribution in [0.25, 0.3) is 0 Å². The van der Waals surface area contributed by atoms with Crippen LogP contribution in [0.3, 0.4) is 0 Å². The number of aromatic hydroxyl groups is 1. The van der Waals surface area contributed by atoms with Gasteiger partial charge in [0.1, 0.15) is 38.5 Å². The SMILES string of the molecule is CC(C)(C)c1[nH]nc(Cl)c1Cl.CCc1[nH]nc(C(C)(C)C)c1F.COc1c(C(C)(C)C)n[nH]c1C.COc1n[nH]c(C(C)(C)C)c1Cl.Cc1[nH]nc(C(C)(C)C)c1O.Cc1c(C(C)(C)C)n[nH]c1C(F)(F)F.Cc1c(C(C)(C)C)n[nH]c1C(F)F.Cc1c(Cl)n[nH]c1C(C)(C)C. The van der Waals surface area contributed by atoms with E-state index >= 15 is 0 Å². The summed E-state index contributed by atoms with van der Waals surface area (Å²) in [7, 11) is 3.22. The second-order valence-electron chi connectivity index (χ2n) is 31.1. The molecule has 0 saturated heterocycles. The lowest BCUT2D eigenvalue weighted by Crippen LogP contribution is -2.14. The van der Waals surface area contributed by atoms with E-state index in [0.29, 0.717) is 61.0 Å². The first-order chi connectivity index (χ1) is 43.1. The van der Waals surface area contributed by atoms with Gasteiger partial charge in [0.25, 0.3) is 12.3 Å². The van der Waals surface area contributed by atoms with Crippen molar-refractivity contribution in [3.63, 3.8) is 0 Å². The van der Waals surface area contributed by atoms with Crippen LogP contribution in [0, 0.1) is 40.4 Å². The van der Waals surface area contributed by atoms with Gasteiger partial charge in [-0.15, -0.1) is 5.10 Å². The Morgan fingerprint density at radius 2 is 0.781 bits per heavy atom. The largest absolute Gasteiger partial charge is 0.504 e. The molecule has 0 aromatic carbocycles. The highest BCUT2D eigenvalue weighted by molar-refractivity contribution is 6.41. The molecule has 8 rings (SSSR count). The summed E-state index contributed by atoms with van der Waals surface area (Å²) in [4.78, 5) is 0. The Kier molecular flexibility index (Phi) is 31.2. The standard InChI is InChI=1S/C9H13F3N2.C9H14F2N2.C9H15FN2.C9H16N2O.C8H13ClN2O.C8H13ClN2.C8H14N2O.C7H10Cl2N2/c1-5-6(8(2,3)4)13-14-7(5)9(10,11)12;1-5-6(8(10)11)12-13-7(5)9(2,3)4;1-5-6-7(10)8(12-11-6)9(2,3)4;1-6-7(12-5)8(11-10-6)9(2,3)4;1-8(2,3)6-5(9)7(12-4)11-10-6;1-5-6(8(2,3)4)10-11-7(5)9;1-5-6(11)7(10-9-5)8(2,3)4;1-7(2,3)5-4(8)6(9)11-10-5/h1-4H3,(H,13,14);8H,1-4H3,(H,12,13);5H2,1-4H3,(H,11,12);1-5H3,(H,10,11);1-4H3,(H,10,11);1-4H3,(H,10,11);11H,1-4H3,(H,9,10);1-3H3,(H,10,11). The third-order valence-corrected chi connectivity index (χ3v) is 15.4. The Balaban J connectivity index is 0.000000549. The first-order valence-electron chi connectivity index (χ1n) is 31.1. The van der Waals surface area contributed by atoms with E-state index < -0.39 is 18.3 Å². The van der Waals surface area contributed by atoms with E-state index in [1.807, 2.05) is 130 Å². The predicted octanol–water partition coefficient (Wildman–Crippen LogP) is 20.2. The molecule has 19 nitrogen and oxygen atoms in total. The maximum absolute atomic E-state index is 13.4. The molecule has 0 amide bonds. The van der Waals surface area contributed by atoms with E-state index in [9.17, 15) is 31.4 Å². The summed E-state index contributed by atoms with van der Waals surface area (Å²) in [6.45, 7) is 59.0. The van der Waals surface area contributed by atoms with E-state index in [0.717, 1.165) is 51.2 Å². The Labute approximate surface area is 584 Å².